The highest BCUT2D eigenvalue weighted by Crippen LogP contribution is 2.44. The van der Waals surface area contributed by atoms with E-state index in [0.717, 1.165) is 6.07 Å². The maximum absolute atomic E-state index is 12.5. The molecule has 0 spiro atoms. The van der Waals surface area contributed by atoms with E-state index in [1.807, 2.05) is 6.92 Å². The normalized spacial score (nSPS) is 12.4. The van der Waals surface area contributed by atoms with Gasteiger partial charge >= 0.3 is 0 Å². The first-order chi connectivity index (χ1) is 20.9. The summed E-state index contributed by atoms with van der Waals surface area (Å²) in [7, 11) is -5.59. The Morgan fingerprint density at radius 3 is 2.07 bits per heavy atom. The molecule has 0 unspecified atom stereocenters. The summed E-state index contributed by atoms with van der Waals surface area (Å²) in [4.78, 5) is 0.106. The number of aryl methyl sites for hydroxylation is 1. The Labute approximate surface area is 256 Å². The van der Waals surface area contributed by atoms with Gasteiger partial charge in [0.05, 0.1) is 34.1 Å². The third kappa shape index (κ3) is 6.50. The Hall–Kier alpha value is -4.56. The SMILES string of the molecule is CCNc1ccc2c(O)c(N=Nc3cc(C)c(S(=O)(=O)CC)cc3O)ccc2c1N=Nc1cc(S(=O)(=O)CC)ccc1OC. The van der Waals surface area contributed by atoms with Crippen molar-refractivity contribution in [3.63, 3.8) is 0 Å². The van der Waals surface area contributed by atoms with Gasteiger partial charge in [-0.1, -0.05) is 13.8 Å². The van der Waals surface area contributed by atoms with Gasteiger partial charge in [0.2, 0.25) is 0 Å². The summed E-state index contributed by atoms with van der Waals surface area (Å²) in [6.07, 6.45) is 0. The van der Waals surface area contributed by atoms with Crippen LogP contribution >= 0.6 is 0 Å². The van der Waals surface area contributed by atoms with Crippen LogP contribution in [0.5, 0.6) is 17.2 Å². The Morgan fingerprint density at radius 1 is 0.750 bits per heavy atom. The van der Waals surface area contributed by atoms with Crippen molar-refractivity contribution in [1.82, 2.24) is 0 Å². The summed E-state index contributed by atoms with van der Waals surface area (Å²) in [5.74, 6) is -0.430. The number of azo groups is 2. The van der Waals surface area contributed by atoms with Gasteiger partial charge in [-0.25, -0.2) is 16.8 Å². The average Bonchev–Trinajstić information content (AvgIpc) is 3.01. The topological polar surface area (TPSA) is 179 Å². The minimum Gasteiger partial charge on any atom is -0.506 e. The first-order valence-electron chi connectivity index (χ1n) is 13.7. The van der Waals surface area contributed by atoms with Crippen molar-refractivity contribution >= 4 is 58.9 Å². The van der Waals surface area contributed by atoms with E-state index >= 15 is 0 Å². The fourth-order valence-corrected chi connectivity index (χ4v) is 6.49. The molecule has 0 bridgehead atoms. The van der Waals surface area contributed by atoms with Crippen LogP contribution in [0.15, 0.2) is 84.8 Å². The number of phenolic OH excluding ortho intramolecular Hbond substituents is 2. The van der Waals surface area contributed by atoms with Gasteiger partial charge in [-0.3, -0.25) is 0 Å². The molecule has 0 atom stereocenters. The molecule has 3 N–H and O–H groups in total. The molecule has 0 aliphatic carbocycles. The quantitative estimate of drug-likeness (QED) is 0.142. The zero-order chi connectivity index (χ0) is 32.2. The van der Waals surface area contributed by atoms with Crippen molar-refractivity contribution in [3.8, 4) is 17.2 Å². The van der Waals surface area contributed by atoms with Crippen molar-refractivity contribution < 1.29 is 31.8 Å². The fraction of sp³-hybridized carbons (Fsp3) is 0.267. The number of benzene rings is 4. The third-order valence-corrected chi connectivity index (χ3v) is 10.5. The van der Waals surface area contributed by atoms with Gasteiger partial charge < -0.3 is 20.3 Å². The molecule has 0 aromatic heterocycles. The largest absolute Gasteiger partial charge is 0.506 e. The summed E-state index contributed by atoms with van der Waals surface area (Å²) in [6.45, 7) is 7.15. The molecule has 0 heterocycles. The van der Waals surface area contributed by atoms with Crippen molar-refractivity contribution in [2.24, 2.45) is 20.5 Å². The van der Waals surface area contributed by atoms with Crippen molar-refractivity contribution in [2.45, 2.75) is 37.5 Å². The number of phenols is 2. The van der Waals surface area contributed by atoms with E-state index in [-0.39, 0.29) is 49.9 Å². The van der Waals surface area contributed by atoms with Gasteiger partial charge in [-0.05, 0) is 67.9 Å². The number of aromatic hydroxyl groups is 2. The predicted molar refractivity (Wildman–Crippen MR) is 169 cm³/mol. The second-order valence-electron chi connectivity index (χ2n) is 9.67. The first kappa shape index (κ1) is 32.4. The lowest BCUT2D eigenvalue weighted by Crippen LogP contribution is -2.05. The molecule has 44 heavy (non-hydrogen) atoms. The lowest BCUT2D eigenvalue weighted by Gasteiger charge is -2.12. The lowest BCUT2D eigenvalue weighted by molar-refractivity contribution is 0.415. The van der Waals surface area contributed by atoms with E-state index in [9.17, 15) is 27.0 Å². The van der Waals surface area contributed by atoms with Crippen molar-refractivity contribution in [1.29, 1.82) is 0 Å². The predicted octanol–water partition coefficient (Wildman–Crippen LogP) is 7.42. The Kier molecular flexibility index (Phi) is 9.54. The maximum Gasteiger partial charge on any atom is 0.178 e. The Bertz CT molecular complexity index is 2010. The van der Waals surface area contributed by atoms with E-state index in [1.165, 1.54) is 44.4 Å². The molecule has 4 aromatic rings. The average molecular weight is 640 g/mol. The number of nitrogens with one attached hydrogen (secondary N) is 1. The number of hydrogen-bond donors (Lipinski definition) is 3. The Morgan fingerprint density at radius 2 is 1.41 bits per heavy atom. The van der Waals surface area contributed by atoms with E-state index < -0.39 is 19.7 Å². The van der Waals surface area contributed by atoms with Crippen LogP contribution in [0.25, 0.3) is 10.8 Å². The molecule has 0 aliphatic rings. The zero-order valence-electron chi connectivity index (χ0n) is 24.9. The van der Waals surface area contributed by atoms with E-state index in [4.69, 9.17) is 4.74 Å². The van der Waals surface area contributed by atoms with Crippen LogP contribution in [0.1, 0.15) is 26.3 Å². The number of nitrogens with zero attached hydrogens (tertiary/aromatic N) is 4. The van der Waals surface area contributed by atoms with Gasteiger partial charge in [-0.15, -0.1) is 20.5 Å². The maximum atomic E-state index is 12.5. The molecular formula is C30H33N5O7S2. The monoisotopic (exact) mass is 639 g/mol. The highest BCUT2D eigenvalue weighted by molar-refractivity contribution is 7.91. The number of ether oxygens (including phenoxy) is 1. The van der Waals surface area contributed by atoms with Crippen LogP contribution in [0.2, 0.25) is 0 Å². The van der Waals surface area contributed by atoms with Crippen LogP contribution < -0.4 is 10.1 Å². The van der Waals surface area contributed by atoms with Crippen LogP contribution in [0, 0.1) is 6.92 Å². The van der Waals surface area contributed by atoms with Gasteiger partial charge in [0.15, 0.2) is 25.4 Å². The first-order valence-corrected chi connectivity index (χ1v) is 17.0. The number of methoxy groups -OCH3 is 1. The second-order valence-corrected chi connectivity index (χ2v) is 14.2. The highest BCUT2D eigenvalue weighted by atomic mass is 32.2. The number of rotatable bonds is 11. The van der Waals surface area contributed by atoms with Gasteiger partial charge in [0.1, 0.15) is 34.2 Å². The lowest BCUT2D eigenvalue weighted by atomic mass is 10.1. The number of fused-ring (bicyclic) bond motifs is 1. The summed E-state index contributed by atoms with van der Waals surface area (Å²) < 4.78 is 54.9. The minimum absolute atomic E-state index is 0.0134. The molecule has 12 nitrogen and oxygen atoms in total. The molecule has 14 heteroatoms. The van der Waals surface area contributed by atoms with Crippen LogP contribution in [-0.4, -0.2) is 52.2 Å². The van der Waals surface area contributed by atoms with Gasteiger partial charge in [0, 0.05) is 23.4 Å². The number of anilines is 1. The van der Waals surface area contributed by atoms with Gasteiger partial charge in [0.25, 0.3) is 0 Å². The second kappa shape index (κ2) is 13.0. The molecule has 4 aromatic carbocycles. The van der Waals surface area contributed by atoms with Crippen LogP contribution in [0.4, 0.5) is 28.4 Å². The van der Waals surface area contributed by atoms with E-state index in [1.54, 1.807) is 32.0 Å². The molecule has 0 aliphatic heterocycles. The summed E-state index contributed by atoms with van der Waals surface area (Å²) in [5, 5.41) is 42.6. The van der Waals surface area contributed by atoms with Crippen molar-refractivity contribution in [2.75, 3.05) is 30.5 Å². The van der Waals surface area contributed by atoms with Crippen LogP contribution in [-0.2, 0) is 19.7 Å². The molecule has 0 radical (unpaired) electrons. The number of sulfone groups is 2. The summed E-state index contributed by atoms with van der Waals surface area (Å²) in [6, 6.07) is 13.5. The Balaban J connectivity index is 1.79. The van der Waals surface area contributed by atoms with Crippen LogP contribution in [0.3, 0.4) is 0 Å². The smallest absolute Gasteiger partial charge is 0.178 e. The standard InChI is InChI=1S/C30H33N5O7S2/c1-6-31-22-12-11-21-20(29(22)35-34-25-16-19(43(38,39)7-2)9-14-27(25)42-5)10-13-23(30(21)37)32-33-24-15-18(4)28(17-26(24)36)44(40,41)8-3/h9-17,31,36-37H,6-8H2,1-5H3. The third-order valence-electron chi connectivity index (χ3n) is 6.89. The molecule has 0 saturated heterocycles. The minimum atomic E-state index is -3.54. The molecular weight excluding hydrogens is 606 g/mol. The van der Waals surface area contributed by atoms with E-state index in [0.29, 0.717) is 40.0 Å². The number of hydrogen-bond acceptors (Lipinski definition) is 12. The molecule has 0 fully saturated rings. The molecule has 232 valence electrons. The highest BCUT2D eigenvalue weighted by Gasteiger charge is 2.19. The molecule has 4 rings (SSSR count). The van der Waals surface area contributed by atoms with Gasteiger partial charge in [-0.2, -0.15) is 0 Å². The summed E-state index contributed by atoms with van der Waals surface area (Å²) in [5.41, 5.74) is 1.75. The fourth-order valence-electron chi connectivity index (χ4n) is 4.44. The molecule has 0 amide bonds. The van der Waals surface area contributed by atoms with E-state index in [2.05, 4.69) is 25.8 Å². The van der Waals surface area contributed by atoms with Crippen molar-refractivity contribution in [3.05, 3.63) is 60.2 Å². The molecule has 0 saturated carbocycles. The zero-order valence-corrected chi connectivity index (χ0v) is 26.5. The summed E-state index contributed by atoms with van der Waals surface area (Å²) >= 11 is 0.